The smallest absolute Gasteiger partial charge is 0.332 e. The summed E-state index contributed by atoms with van der Waals surface area (Å²) in [6.07, 6.45) is 6.69. The summed E-state index contributed by atoms with van der Waals surface area (Å²) in [6, 6.07) is 0. The lowest BCUT2D eigenvalue weighted by molar-refractivity contribution is -0.142. The monoisotopic (exact) mass is 178 g/mol. The van der Waals surface area contributed by atoms with Gasteiger partial charge in [-0.3, -0.25) is 0 Å². The fourth-order valence-electron chi connectivity index (χ4n) is 2.23. The molecule has 0 unspecified atom stereocenters. The molecule has 0 radical (unpaired) electrons. The van der Waals surface area contributed by atoms with Crippen molar-refractivity contribution in [3.05, 3.63) is 23.8 Å². The Hall–Kier alpha value is -1.05. The Balaban J connectivity index is 2.52. The maximum atomic E-state index is 11.2. The van der Waals surface area contributed by atoms with E-state index in [2.05, 4.69) is 19.9 Å². The van der Waals surface area contributed by atoms with E-state index < -0.39 is 5.60 Å². The van der Waals surface area contributed by atoms with Crippen LogP contribution in [0.3, 0.4) is 0 Å². The van der Waals surface area contributed by atoms with Gasteiger partial charge >= 0.3 is 5.97 Å². The topological polar surface area (TPSA) is 26.3 Å². The Labute approximate surface area is 78.3 Å². The molecule has 1 aliphatic heterocycles. The Morgan fingerprint density at radius 2 is 2.08 bits per heavy atom. The van der Waals surface area contributed by atoms with E-state index in [0.29, 0.717) is 0 Å². The van der Waals surface area contributed by atoms with Crippen molar-refractivity contribution in [3.63, 3.8) is 0 Å². The molecule has 0 saturated heterocycles. The fourth-order valence-corrected chi connectivity index (χ4v) is 2.23. The molecule has 0 amide bonds. The molecule has 0 aromatic carbocycles. The molecule has 0 spiro atoms. The zero-order valence-corrected chi connectivity index (χ0v) is 8.26. The van der Waals surface area contributed by atoms with Crippen LogP contribution in [-0.4, -0.2) is 11.6 Å². The fraction of sp³-hybridized carbons (Fsp3) is 0.545. The summed E-state index contributed by atoms with van der Waals surface area (Å²) >= 11 is 0. The zero-order valence-electron chi connectivity index (χ0n) is 8.26. The minimum Gasteiger partial charge on any atom is -0.447 e. The van der Waals surface area contributed by atoms with Gasteiger partial charge in [-0.1, -0.05) is 19.9 Å². The van der Waals surface area contributed by atoms with E-state index in [4.69, 9.17) is 4.74 Å². The van der Waals surface area contributed by atoms with Crippen LogP contribution in [0.1, 0.15) is 27.2 Å². The first-order valence-electron chi connectivity index (χ1n) is 4.57. The summed E-state index contributed by atoms with van der Waals surface area (Å²) in [5.41, 5.74) is 0.682. The molecule has 0 fully saturated rings. The van der Waals surface area contributed by atoms with Gasteiger partial charge in [-0.15, -0.1) is 0 Å². The number of ether oxygens (including phenoxy) is 1. The van der Waals surface area contributed by atoms with Crippen LogP contribution in [0.5, 0.6) is 0 Å². The van der Waals surface area contributed by atoms with Gasteiger partial charge in [0.15, 0.2) is 0 Å². The third kappa shape index (κ3) is 1.12. The van der Waals surface area contributed by atoms with Crippen molar-refractivity contribution in [2.24, 2.45) is 5.41 Å². The van der Waals surface area contributed by atoms with Gasteiger partial charge < -0.3 is 4.74 Å². The van der Waals surface area contributed by atoms with Crippen LogP contribution in [0.2, 0.25) is 0 Å². The molecule has 1 aliphatic carbocycles. The van der Waals surface area contributed by atoms with Crippen LogP contribution in [-0.2, 0) is 9.53 Å². The minimum absolute atomic E-state index is 0.0513. The molecule has 2 nitrogen and oxygen atoms in total. The van der Waals surface area contributed by atoms with Crippen molar-refractivity contribution in [2.45, 2.75) is 32.8 Å². The Morgan fingerprint density at radius 1 is 1.38 bits per heavy atom. The van der Waals surface area contributed by atoms with Crippen LogP contribution in [0.4, 0.5) is 0 Å². The van der Waals surface area contributed by atoms with Crippen LogP contribution in [0.15, 0.2) is 23.8 Å². The van der Waals surface area contributed by atoms with E-state index in [9.17, 15) is 4.79 Å². The number of carbonyl (C=O) groups is 1. The summed E-state index contributed by atoms with van der Waals surface area (Å²) in [7, 11) is 0. The Bertz CT molecular complexity index is 323. The summed E-state index contributed by atoms with van der Waals surface area (Å²) in [5.74, 6) is -0.211. The molecule has 1 heterocycles. The highest BCUT2D eigenvalue weighted by molar-refractivity contribution is 5.87. The van der Waals surface area contributed by atoms with E-state index in [1.165, 1.54) is 0 Å². The first-order chi connectivity index (χ1) is 5.94. The molecule has 70 valence electrons. The molecule has 0 aromatic rings. The number of esters is 1. The minimum atomic E-state index is -0.473. The quantitative estimate of drug-likeness (QED) is 0.420. The summed E-state index contributed by atoms with van der Waals surface area (Å²) in [5, 5.41) is 0. The number of fused-ring (bicyclic) bond motifs is 1. The highest BCUT2D eigenvalue weighted by atomic mass is 16.6. The predicted octanol–water partition coefficient (Wildman–Crippen LogP) is 2.21. The van der Waals surface area contributed by atoms with E-state index in [1.807, 2.05) is 13.0 Å². The Morgan fingerprint density at radius 3 is 2.69 bits per heavy atom. The number of carbonyl (C=O) groups excluding carboxylic acids is 1. The maximum Gasteiger partial charge on any atom is 0.332 e. The van der Waals surface area contributed by atoms with Crippen molar-refractivity contribution in [1.82, 2.24) is 0 Å². The van der Waals surface area contributed by atoms with Gasteiger partial charge in [0.1, 0.15) is 5.60 Å². The van der Waals surface area contributed by atoms with Gasteiger partial charge in [0.2, 0.25) is 0 Å². The first kappa shape index (κ1) is 8.54. The second-order valence-corrected chi connectivity index (χ2v) is 4.58. The Kier molecular flexibility index (Phi) is 1.48. The molecular weight excluding hydrogens is 164 g/mol. The van der Waals surface area contributed by atoms with Crippen molar-refractivity contribution >= 4 is 5.97 Å². The molecular formula is C11H14O2. The van der Waals surface area contributed by atoms with Crippen molar-refractivity contribution in [2.75, 3.05) is 0 Å². The number of hydrogen-bond acceptors (Lipinski definition) is 2. The molecule has 0 N–H and O–H groups in total. The summed E-state index contributed by atoms with van der Waals surface area (Å²) < 4.78 is 5.27. The molecule has 13 heavy (non-hydrogen) atoms. The molecule has 2 aliphatic rings. The second kappa shape index (κ2) is 2.25. The van der Waals surface area contributed by atoms with Crippen molar-refractivity contribution < 1.29 is 9.53 Å². The average molecular weight is 178 g/mol. The lowest BCUT2D eigenvalue weighted by atomic mass is 9.70. The molecule has 0 aromatic heterocycles. The van der Waals surface area contributed by atoms with Crippen LogP contribution < -0.4 is 0 Å². The van der Waals surface area contributed by atoms with Gasteiger partial charge in [-0.2, -0.15) is 0 Å². The summed E-state index contributed by atoms with van der Waals surface area (Å²) in [4.78, 5) is 11.2. The molecule has 0 saturated carbocycles. The highest BCUT2D eigenvalue weighted by Gasteiger charge is 2.45. The highest BCUT2D eigenvalue weighted by Crippen LogP contribution is 2.46. The number of hydrogen-bond donors (Lipinski definition) is 0. The van der Waals surface area contributed by atoms with Gasteiger partial charge in [-0.25, -0.2) is 4.79 Å². The number of allylic oxidation sites excluding steroid dienone is 1. The van der Waals surface area contributed by atoms with Gasteiger partial charge in [0, 0.05) is 6.08 Å². The van der Waals surface area contributed by atoms with Crippen LogP contribution in [0, 0.1) is 5.41 Å². The van der Waals surface area contributed by atoms with Crippen molar-refractivity contribution in [3.8, 4) is 0 Å². The zero-order chi connectivity index (χ0) is 9.69. The SMILES string of the molecule is CC1(C)CC=C[C@@]2(C)OC(=O)C=C12. The van der Waals surface area contributed by atoms with E-state index >= 15 is 0 Å². The predicted molar refractivity (Wildman–Crippen MR) is 50.1 cm³/mol. The lowest BCUT2D eigenvalue weighted by Gasteiger charge is -2.37. The largest absolute Gasteiger partial charge is 0.447 e. The third-order valence-corrected chi connectivity index (χ3v) is 2.90. The van der Waals surface area contributed by atoms with Crippen molar-refractivity contribution in [1.29, 1.82) is 0 Å². The standard InChI is InChI=1S/C11H14O2/c1-10(2)5-4-6-11(3)8(10)7-9(12)13-11/h4,6-7H,5H2,1-3H3/t11-/m1/s1. The van der Waals surface area contributed by atoms with Crippen LogP contribution in [0.25, 0.3) is 0 Å². The molecule has 2 heteroatoms. The average Bonchev–Trinajstić information content (AvgIpc) is 2.25. The van der Waals surface area contributed by atoms with E-state index in [1.54, 1.807) is 6.08 Å². The maximum absolute atomic E-state index is 11.2. The normalized spacial score (nSPS) is 35.3. The lowest BCUT2D eigenvalue weighted by Crippen LogP contribution is -2.35. The molecule has 0 bridgehead atoms. The summed E-state index contributed by atoms with van der Waals surface area (Å²) in [6.45, 7) is 6.23. The number of rotatable bonds is 0. The second-order valence-electron chi connectivity index (χ2n) is 4.58. The van der Waals surface area contributed by atoms with E-state index in [-0.39, 0.29) is 11.4 Å². The van der Waals surface area contributed by atoms with Gasteiger partial charge in [-0.05, 0) is 30.4 Å². The molecule has 1 atom stereocenters. The first-order valence-corrected chi connectivity index (χ1v) is 4.57. The van der Waals surface area contributed by atoms with Gasteiger partial charge in [0.25, 0.3) is 0 Å². The third-order valence-electron chi connectivity index (χ3n) is 2.90. The molecule has 2 rings (SSSR count). The van der Waals surface area contributed by atoms with Crippen LogP contribution >= 0.6 is 0 Å². The van der Waals surface area contributed by atoms with Gasteiger partial charge in [0.05, 0.1) is 0 Å². The van der Waals surface area contributed by atoms with E-state index in [0.717, 1.165) is 12.0 Å².